The van der Waals surface area contributed by atoms with Gasteiger partial charge in [-0.2, -0.15) is 0 Å². The third-order valence-electron chi connectivity index (χ3n) is 1.91. The van der Waals surface area contributed by atoms with Crippen LogP contribution in [0.25, 0.3) is 0 Å². The van der Waals surface area contributed by atoms with Gasteiger partial charge in [-0.3, -0.25) is 4.79 Å². The molecule has 0 atom stereocenters. The molecule has 17 heavy (non-hydrogen) atoms. The van der Waals surface area contributed by atoms with Crippen molar-refractivity contribution in [2.45, 2.75) is 12.8 Å². The summed E-state index contributed by atoms with van der Waals surface area (Å²) >= 11 is 4.99. The van der Waals surface area contributed by atoms with Gasteiger partial charge in [-0.25, -0.2) is 4.79 Å². The van der Waals surface area contributed by atoms with E-state index in [0.717, 1.165) is 10.2 Å². The molecule has 94 valence electrons. The van der Waals surface area contributed by atoms with Crippen LogP contribution in [0.3, 0.4) is 0 Å². The number of carboxylic acids is 1. The first kappa shape index (κ1) is 14.0. The van der Waals surface area contributed by atoms with Gasteiger partial charge in [0.05, 0.1) is 10.2 Å². The largest absolute Gasteiger partial charge is 0.481 e. The van der Waals surface area contributed by atoms with E-state index < -0.39 is 5.97 Å². The lowest BCUT2D eigenvalue weighted by molar-refractivity contribution is -0.136. The van der Waals surface area contributed by atoms with Gasteiger partial charge in [-0.05, 0) is 34.5 Å². The van der Waals surface area contributed by atoms with Gasteiger partial charge in [0.2, 0.25) is 0 Å². The fourth-order valence-corrected chi connectivity index (χ4v) is 2.61. The second-order valence-electron chi connectivity index (χ2n) is 3.28. The van der Waals surface area contributed by atoms with E-state index in [1.54, 1.807) is 11.3 Å². The molecule has 0 fully saturated rings. The quantitative estimate of drug-likeness (QED) is 0.748. The molecule has 0 saturated carbocycles. The van der Waals surface area contributed by atoms with Crippen molar-refractivity contribution in [1.29, 1.82) is 0 Å². The van der Waals surface area contributed by atoms with Gasteiger partial charge in [0.25, 0.3) is 0 Å². The van der Waals surface area contributed by atoms with Crippen LogP contribution < -0.4 is 10.6 Å². The number of carboxylic acid groups (broad SMARTS) is 1. The number of hydrogen-bond donors (Lipinski definition) is 3. The summed E-state index contributed by atoms with van der Waals surface area (Å²) in [6.07, 6.45) is 0.702. The van der Waals surface area contributed by atoms with Crippen LogP contribution >= 0.6 is 27.3 Å². The highest BCUT2D eigenvalue weighted by Crippen LogP contribution is 2.21. The molecule has 3 N–H and O–H groups in total. The molecular weight excluding hydrogens is 308 g/mol. The molecule has 7 heteroatoms. The average molecular weight is 321 g/mol. The normalized spacial score (nSPS) is 9.94. The fraction of sp³-hybridized carbons (Fsp3) is 0.400. The Morgan fingerprint density at radius 1 is 1.29 bits per heavy atom. The second kappa shape index (κ2) is 7.29. The zero-order valence-corrected chi connectivity index (χ0v) is 11.4. The molecule has 0 spiro atoms. The van der Waals surface area contributed by atoms with Crippen LogP contribution in [0.15, 0.2) is 15.9 Å². The Morgan fingerprint density at radius 2 is 2.00 bits per heavy atom. The summed E-state index contributed by atoms with van der Waals surface area (Å²) < 4.78 is 1.07. The standard InChI is InChI=1S/C10H13BrN2O3S/c11-8-2-1-7(17-8)3-5-12-10(16)13-6-4-9(14)15/h1-2H,3-6H2,(H,14,15)(H2,12,13,16). The molecule has 0 aliphatic heterocycles. The second-order valence-corrected chi connectivity index (χ2v) is 5.83. The molecule has 1 heterocycles. The summed E-state index contributed by atoms with van der Waals surface area (Å²) in [5, 5.41) is 13.5. The highest BCUT2D eigenvalue weighted by Gasteiger charge is 2.02. The Morgan fingerprint density at radius 3 is 2.59 bits per heavy atom. The average Bonchev–Trinajstić information content (AvgIpc) is 2.63. The van der Waals surface area contributed by atoms with Gasteiger partial charge in [-0.15, -0.1) is 11.3 Å². The Bertz CT molecular complexity index is 395. The van der Waals surface area contributed by atoms with E-state index in [2.05, 4.69) is 26.6 Å². The number of nitrogens with one attached hydrogen (secondary N) is 2. The number of halogens is 1. The lowest BCUT2D eigenvalue weighted by atomic mass is 10.3. The molecule has 1 rings (SSSR count). The minimum Gasteiger partial charge on any atom is -0.481 e. The van der Waals surface area contributed by atoms with Gasteiger partial charge < -0.3 is 15.7 Å². The number of carbonyl (C=O) groups is 2. The molecule has 2 amide bonds. The van der Waals surface area contributed by atoms with E-state index in [1.807, 2.05) is 12.1 Å². The highest BCUT2D eigenvalue weighted by molar-refractivity contribution is 9.11. The maximum absolute atomic E-state index is 11.2. The zero-order chi connectivity index (χ0) is 12.7. The topological polar surface area (TPSA) is 78.4 Å². The van der Waals surface area contributed by atoms with Crippen LogP contribution in [0.4, 0.5) is 4.79 Å². The van der Waals surface area contributed by atoms with E-state index in [9.17, 15) is 9.59 Å². The van der Waals surface area contributed by atoms with Crippen molar-refractivity contribution in [1.82, 2.24) is 10.6 Å². The van der Waals surface area contributed by atoms with Crippen LogP contribution in [-0.4, -0.2) is 30.2 Å². The maximum atomic E-state index is 11.2. The van der Waals surface area contributed by atoms with Crippen molar-refractivity contribution in [2.24, 2.45) is 0 Å². The van der Waals surface area contributed by atoms with Crippen molar-refractivity contribution in [3.8, 4) is 0 Å². The van der Waals surface area contributed by atoms with Gasteiger partial charge in [0.1, 0.15) is 0 Å². The van der Waals surface area contributed by atoms with Crippen molar-refractivity contribution >= 4 is 39.3 Å². The molecule has 0 bridgehead atoms. The molecule has 1 aromatic heterocycles. The summed E-state index contributed by atoms with van der Waals surface area (Å²) in [4.78, 5) is 22.6. The van der Waals surface area contributed by atoms with Crippen LogP contribution in [0.2, 0.25) is 0 Å². The first-order valence-electron chi connectivity index (χ1n) is 5.05. The number of thiophene rings is 1. The van der Waals surface area contributed by atoms with E-state index >= 15 is 0 Å². The Labute approximate surface area is 111 Å². The predicted molar refractivity (Wildman–Crippen MR) is 69.4 cm³/mol. The Balaban J connectivity index is 2.10. The molecule has 0 aromatic carbocycles. The third-order valence-corrected chi connectivity index (χ3v) is 3.59. The molecule has 0 aliphatic rings. The number of carbonyl (C=O) groups excluding carboxylic acids is 1. The van der Waals surface area contributed by atoms with Crippen molar-refractivity contribution < 1.29 is 14.7 Å². The number of amides is 2. The number of hydrogen-bond acceptors (Lipinski definition) is 3. The van der Waals surface area contributed by atoms with Crippen molar-refractivity contribution in [2.75, 3.05) is 13.1 Å². The minimum atomic E-state index is -0.922. The fourth-order valence-electron chi connectivity index (χ4n) is 1.13. The lowest BCUT2D eigenvalue weighted by Gasteiger charge is -2.05. The monoisotopic (exact) mass is 320 g/mol. The molecule has 0 aliphatic carbocycles. The van der Waals surface area contributed by atoms with Crippen molar-refractivity contribution in [3.05, 3.63) is 20.8 Å². The zero-order valence-electron chi connectivity index (χ0n) is 9.03. The number of aliphatic carboxylic acids is 1. The number of urea groups is 1. The molecule has 5 nitrogen and oxygen atoms in total. The molecule has 0 unspecified atom stereocenters. The smallest absolute Gasteiger partial charge is 0.314 e. The van der Waals surface area contributed by atoms with Gasteiger partial charge >= 0.3 is 12.0 Å². The first-order valence-corrected chi connectivity index (χ1v) is 6.66. The maximum Gasteiger partial charge on any atom is 0.314 e. The van der Waals surface area contributed by atoms with E-state index in [1.165, 1.54) is 4.88 Å². The molecule has 0 radical (unpaired) electrons. The third kappa shape index (κ3) is 6.28. The number of rotatable bonds is 6. The van der Waals surface area contributed by atoms with Gasteiger partial charge in [0.15, 0.2) is 0 Å². The van der Waals surface area contributed by atoms with E-state index in [0.29, 0.717) is 6.54 Å². The van der Waals surface area contributed by atoms with Crippen LogP contribution in [0.1, 0.15) is 11.3 Å². The van der Waals surface area contributed by atoms with Crippen LogP contribution in [0, 0.1) is 0 Å². The highest BCUT2D eigenvalue weighted by atomic mass is 79.9. The van der Waals surface area contributed by atoms with E-state index in [-0.39, 0.29) is 19.0 Å². The molecule has 0 saturated heterocycles. The van der Waals surface area contributed by atoms with Gasteiger partial charge in [-0.1, -0.05) is 0 Å². The molecular formula is C10H13BrN2O3S. The predicted octanol–water partition coefficient (Wildman–Crippen LogP) is 1.83. The van der Waals surface area contributed by atoms with Crippen LogP contribution in [0.5, 0.6) is 0 Å². The Kier molecular flexibility index (Phi) is 5.99. The summed E-state index contributed by atoms with van der Waals surface area (Å²) in [5.74, 6) is -0.922. The first-order chi connectivity index (χ1) is 8.08. The Hall–Kier alpha value is -1.08. The summed E-state index contributed by atoms with van der Waals surface area (Å²) in [7, 11) is 0. The minimum absolute atomic E-state index is 0.0642. The van der Waals surface area contributed by atoms with Gasteiger partial charge in [0, 0.05) is 18.0 Å². The SMILES string of the molecule is O=C(O)CCNC(=O)NCCc1ccc(Br)s1. The van der Waals surface area contributed by atoms with Crippen molar-refractivity contribution in [3.63, 3.8) is 0 Å². The lowest BCUT2D eigenvalue weighted by Crippen LogP contribution is -2.37. The van der Waals surface area contributed by atoms with Crippen LogP contribution in [-0.2, 0) is 11.2 Å². The summed E-state index contributed by atoms with van der Waals surface area (Å²) in [6, 6.07) is 3.63. The summed E-state index contributed by atoms with van der Waals surface area (Å²) in [6.45, 7) is 0.678. The summed E-state index contributed by atoms with van der Waals surface area (Å²) in [5.41, 5.74) is 0. The molecule has 1 aromatic rings. The van der Waals surface area contributed by atoms with E-state index in [4.69, 9.17) is 5.11 Å².